The van der Waals surface area contributed by atoms with Gasteiger partial charge in [0.1, 0.15) is 0 Å². The molecule has 0 spiro atoms. The molecule has 0 heterocycles. The van der Waals surface area contributed by atoms with E-state index in [4.69, 9.17) is 4.74 Å². The molecular weight excluding hydrogens is 440 g/mol. The highest BCUT2D eigenvalue weighted by atomic mass is 16.5. The zero-order valence-corrected chi connectivity index (χ0v) is 25.4. The fraction of sp³-hybridized carbons (Fsp3) is 0.971. The SMILES string of the molecule is CCCCCCCCCCCCCCCCCC(=O)OCC(CCCCC)CCCCCCCCC. The maximum Gasteiger partial charge on any atom is 0.305 e. The van der Waals surface area contributed by atoms with Crippen LogP contribution in [-0.4, -0.2) is 12.6 Å². The smallest absolute Gasteiger partial charge is 0.305 e. The van der Waals surface area contributed by atoms with Crippen LogP contribution in [-0.2, 0) is 9.53 Å². The van der Waals surface area contributed by atoms with Crippen LogP contribution in [0.5, 0.6) is 0 Å². The molecule has 0 aromatic rings. The average molecular weight is 509 g/mol. The number of carbonyl (C=O) groups excluding carboxylic acids is 1. The Labute approximate surface area is 228 Å². The van der Waals surface area contributed by atoms with E-state index in [1.165, 1.54) is 167 Å². The maximum absolute atomic E-state index is 12.3. The Balaban J connectivity index is 3.62. The molecule has 0 aliphatic carbocycles. The van der Waals surface area contributed by atoms with Crippen molar-refractivity contribution < 1.29 is 9.53 Å². The molecule has 0 aromatic carbocycles. The van der Waals surface area contributed by atoms with E-state index in [1.54, 1.807) is 0 Å². The third-order valence-corrected chi connectivity index (χ3v) is 7.90. The summed E-state index contributed by atoms with van der Waals surface area (Å²) in [6.45, 7) is 7.50. The van der Waals surface area contributed by atoms with Crippen molar-refractivity contribution in [3.63, 3.8) is 0 Å². The van der Waals surface area contributed by atoms with Crippen LogP contribution >= 0.6 is 0 Å². The summed E-state index contributed by atoms with van der Waals surface area (Å²) in [5.41, 5.74) is 0. The second kappa shape index (κ2) is 30.7. The van der Waals surface area contributed by atoms with E-state index in [1.807, 2.05) is 0 Å². The van der Waals surface area contributed by atoms with Gasteiger partial charge in [-0.2, -0.15) is 0 Å². The van der Waals surface area contributed by atoms with E-state index in [0.717, 1.165) is 6.42 Å². The summed E-state index contributed by atoms with van der Waals surface area (Å²) < 4.78 is 5.73. The molecule has 0 aliphatic heterocycles. The lowest BCUT2D eigenvalue weighted by Crippen LogP contribution is -2.14. The molecule has 0 aliphatic rings. The zero-order valence-electron chi connectivity index (χ0n) is 25.4. The van der Waals surface area contributed by atoms with E-state index in [9.17, 15) is 4.79 Å². The molecule has 0 radical (unpaired) electrons. The second-order valence-corrected chi connectivity index (χ2v) is 11.7. The number of carbonyl (C=O) groups is 1. The van der Waals surface area contributed by atoms with Crippen LogP contribution in [0, 0.1) is 5.92 Å². The van der Waals surface area contributed by atoms with Gasteiger partial charge in [-0.3, -0.25) is 4.79 Å². The number of unbranched alkanes of at least 4 members (excludes halogenated alkanes) is 22. The zero-order chi connectivity index (χ0) is 26.4. The fourth-order valence-electron chi connectivity index (χ4n) is 5.31. The van der Waals surface area contributed by atoms with Gasteiger partial charge in [0.2, 0.25) is 0 Å². The molecule has 0 N–H and O–H groups in total. The fourth-order valence-corrected chi connectivity index (χ4v) is 5.31. The minimum absolute atomic E-state index is 0.0461. The Hall–Kier alpha value is -0.530. The van der Waals surface area contributed by atoms with Gasteiger partial charge in [-0.25, -0.2) is 0 Å². The van der Waals surface area contributed by atoms with E-state index >= 15 is 0 Å². The monoisotopic (exact) mass is 509 g/mol. The standard InChI is InChI=1S/C34H68O2/c1-4-7-10-12-14-15-16-17-18-19-20-21-23-25-28-31-34(35)36-32-33(29-26-9-6-3)30-27-24-22-13-11-8-5-2/h33H,4-32H2,1-3H3. The summed E-state index contributed by atoms with van der Waals surface area (Å²) in [6.07, 6.45) is 36.9. The molecule has 0 fully saturated rings. The van der Waals surface area contributed by atoms with E-state index in [2.05, 4.69) is 20.8 Å². The Morgan fingerprint density at radius 3 is 1.17 bits per heavy atom. The van der Waals surface area contributed by atoms with Gasteiger partial charge in [-0.15, -0.1) is 0 Å². The molecule has 36 heavy (non-hydrogen) atoms. The van der Waals surface area contributed by atoms with Gasteiger partial charge in [0, 0.05) is 6.42 Å². The molecule has 0 aromatic heterocycles. The van der Waals surface area contributed by atoms with Gasteiger partial charge in [0.15, 0.2) is 0 Å². The lowest BCUT2D eigenvalue weighted by Gasteiger charge is -2.17. The minimum atomic E-state index is 0.0461. The average Bonchev–Trinajstić information content (AvgIpc) is 2.88. The molecule has 1 atom stereocenters. The number of ether oxygens (including phenoxy) is 1. The molecule has 0 saturated carbocycles. The summed E-state index contributed by atoms with van der Waals surface area (Å²) >= 11 is 0. The number of hydrogen-bond donors (Lipinski definition) is 0. The van der Waals surface area contributed by atoms with Crippen molar-refractivity contribution in [2.45, 2.75) is 201 Å². The minimum Gasteiger partial charge on any atom is -0.465 e. The molecule has 2 nitrogen and oxygen atoms in total. The third kappa shape index (κ3) is 28.0. The van der Waals surface area contributed by atoms with E-state index in [0.29, 0.717) is 18.9 Å². The molecule has 0 bridgehead atoms. The first-order valence-electron chi connectivity index (χ1n) is 16.9. The van der Waals surface area contributed by atoms with Crippen LogP contribution in [0.15, 0.2) is 0 Å². The van der Waals surface area contributed by atoms with Gasteiger partial charge >= 0.3 is 5.97 Å². The molecule has 0 amide bonds. The van der Waals surface area contributed by atoms with Crippen molar-refractivity contribution in [1.82, 2.24) is 0 Å². The quantitative estimate of drug-likeness (QED) is 0.0712. The maximum atomic E-state index is 12.3. The summed E-state index contributed by atoms with van der Waals surface area (Å²) in [6, 6.07) is 0. The van der Waals surface area contributed by atoms with Gasteiger partial charge in [0.25, 0.3) is 0 Å². The molecule has 0 rings (SSSR count). The van der Waals surface area contributed by atoms with Crippen molar-refractivity contribution in [2.24, 2.45) is 5.92 Å². The molecule has 216 valence electrons. The van der Waals surface area contributed by atoms with Gasteiger partial charge in [0.05, 0.1) is 6.61 Å². The van der Waals surface area contributed by atoms with Crippen LogP contribution < -0.4 is 0 Å². The third-order valence-electron chi connectivity index (χ3n) is 7.90. The topological polar surface area (TPSA) is 26.3 Å². The highest BCUT2D eigenvalue weighted by Crippen LogP contribution is 2.20. The Kier molecular flexibility index (Phi) is 30.2. The summed E-state index contributed by atoms with van der Waals surface area (Å²) in [4.78, 5) is 12.3. The van der Waals surface area contributed by atoms with Crippen molar-refractivity contribution in [3.05, 3.63) is 0 Å². The first kappa shape index (κ1) is 35.5. The Morgan fingerprint density at radius 1 is 0.444 bits per heavy atom. The van der Waals surface area contributed by atoms with Crippen molar-refractivity contribution in [1.29, 1.82) is 0 Å². The second-order valence-electron chi connectivity index (χ2n) is 11.7. The summed E-state index contributed by atoms with van der Waals surface area (Å²) in [5, 5.41) is 0. The van der Waals surface area contributed by atoms with Gasteiger partial charge < -0.3 is 4.74 Å². The van der Waals surface area contributed by atoms with Gasteiger partial charge in [-0.05, 0) is 25.2 Å². The van der Waals surface area contributed by atoms with Crippen LogP contribution in [0.25, 0.3) is 0 Å². The Morgan fingerprint density at radius 2 is 0.750 bits per heavy atom. The number of rotatable bonds is 30. The highest BCUT2D eigenvalue weighted by molar-refractivity contribution is 5.69. The molecule has 2 heteroatoms. The first-order valence-corrected chi connectivity index (χ1v) is 16.9. The van der Waals surface area contributed by atoms with Crippen LogP contribution in [0.4, 0.5) is 0 Å². The van der Waals surface area contributed by atoms with Crippen molar-refractivity contribution >= 4 is 5.97 Å². The normalized spacial score (nSPS) is 12.2. The van der Waals surface area contributed by atoms with E-state index < -0.39 is 0 Å². The summed E-state index contributed by atoms with van der Waals surface area (Å²) in [5.74, 6) is 0.627. The first-order chi connectivity index (χ1) is 17.7. The summed E-state index contributed by atoms with van der Waals surface area (Å²) in [7, 11) is 0. The van der Waals surface area contributed by atoms with Crippen LogP contribution in [0.1, 0.15) is 201 Å². The Bertz CT molecular complexity index is 419. The number of esters is 1. The predicted molar refractivity (Wildman–Crippen MR) is 161 cm³/mol. The lowest BCUT2D eigenvalue weighted by atomic mass is 9.95. The van der Waals surface area contributed by atoms with Crippen LogP contribution in [0.3, 0.4) is 0 Å². The predicted octanol–water partition coefficient (Wildman–Crippen LogP) is 12.1. The van der Waals surface area contributed by atoms with Crippen molar-refractivity contribution in [2.75, 3.05) is 6.61 Å². The lowest BCUT2D eigenvalue weighted by molar-refractivity contribution is -0.145. The molecule has 0 saturated heterocycles. The van der Waals surface area contributed by atoms with Crippen molar-refractivity contribution in [3.8, 4) is 0 Å². The largest absolute Gasteiger partial charge is 0.465 e. The van der Waals surface area contributed by atoms with Crippen LogP contribution in [0.2, 0.25) is 0 Å². The molecule has 1 unspecified atom stereocenters. The highest BCUT2D eigenvalue weighted by Gasteiger charge is 2.12. The van der Waals surface area contributed by atoms with Gasteiger partial charge in [-0.1, -0.05) is 175 Å². The van der Waals surface area contributed by atoms with E-state index in [-0.39, 0.29) is 5.97 Å². The number of hydrogen-bond acceptors (Lipinski definition) is 2. The molecular formula is C34H68O2.